The fraction of sp³-hybridized carbons (Fsp3) is 0.133. The lowest BCUT2D eigenvalue weighted by atomic mass is 10.0. The SMILES string of the molecule is O=C(Nc1ccc(-c2ccc3ncc(N4CCN(c5ccncc5)CC4)nc3c2)cc1)c1ccccc1F. The molecule has 5 aromatic rings. The molecule has 0 saturated carbocycles. The number of fused-ring (bicyclic) bond motifs is 1. The van der Waals surface area contributed by atoms with Crippen LogP contribution >= 0.6 is 0 Å². The summed E-state index contributed by atoms with van der Waals surface area (Å²) < 4.78 is 13.9. The summed E-state index contributed by atoms with van der Waals surface area (Å²) in [6.45, 7) is 3.54. The van der Waals surface area contributed by atoms with Crippen LogP contribution in [0, 0.1) is 5.82 Å². The van der Waals surface area contributed by atoms with Crippen molar-refractivity contribution in [1.82, 2.24) is 15.0 Å². The minimum absolute atomic E-state index is 0.0132. The number of pyridine rings is 1. The van der Waals surface area contributed by atoms with E-state index >= 15 is 0 Å². The van der Waals surface area contributed by atoms with Gasteiger partial charge in [0.05, 0.1) is 22.8 Å². The molecule has 7 nitrogen and oxygen atoms in total. The average molecular weight is 505 g/mol. The number of halogens is 1. The van der Waals surface area contributed by atoms with Crippen molar-refractivity contribution >= 4 is 34.1 Å². The van der Waals surface area contributed by atoms with E-state index in [0.29, 0.717) is 5.69 Å². The second-order valence-electron chi connectivity index (χ2n) is 9.12. The van der Waals surface area contributed by atoms with Gasteiger partial charge in [-0.1, -0.05) is 30.3 Å². The zero-order valence-corrected chi connectivity index (χ0v) is 20.6. The van der Waals surface area contributed by atoms with Crippen molar-refractivity contribution < 1.29 is 9.18 Å². The molecule has 0 bridgehead atoms. The molecule has 1 aliphatic rings. The summed E-state index contributed by atoms with van der Waals surface area (Å²) in [6.07, 6.45) is 5.49. The van der Waals surface area contributed by atoms with Gasteiger partial charge in [-0.15, -0.1) is 0 Å². The first-order valence-electron chi connectivity index (χ1n) is 12.5. The molecule has 0 radical (unpaired) electrons. The lowest BCUT2D eigenvalue weighted by molar-refractivity contribution is 0.102. The maximum atomic E-state index is 13.9. The summed E-state index contributed by atoms with van der Waals surface area (Å²) >= 11 is 0. The van der Waals surface area contributed by atoms with E-state index in [-0.39, 0.29) is 5.56 Å². The molecule has 1 fully saturated rings. The largest absolute Gasteiger partial charge is 0.368 e. The first-order chi connectivity index (χ1) is 18.6. The van der Waals surface area contributed by atoms with Crippen molar-refractivity contribution in [3.8, 4) is 11.1 Å². The molecule has 0 spiro atoms. The van der Waals surface area contributed by atoms with Crippen LogP contribution in [0.1, 0.15) is 10.4 Å². The predicted octanol–water partition coefficient (Wildman–Crippen LogP) is 5.41. The number of benzene rings is 3. The van der Waals surface area contributed by atoms with Crippen LogP contribution in [0.2, 0.25) is 0 Å². The van der Waals surface area contributed by atoms with Crippen molar-refractivity contribution in [3.63, 3.8) is 0 Å². The van der Waals surface area contributed by atoms with Gasteiger partial charge in [0.1, 0.15) is 11.6 Å². The van der Waals surface area contributed by atoms with Crippen LogP contribution < -0.4 is 15.1 Å². The lowest BCUT2D eigenvalue weighted by Crippen LogP contribution is -2.46. The van der Waals surface area contributed by atoms with Crippen molar-refractivity contribution in [1.29, 1.82) is 0 Å². The van der Waals surface area contributed by atoms with Gasteiger partial charge in [0, 0.05) is 49.9 Å². The summed E-state index contributed by atoms with van der Waals surface area (Å²) in [5.74, 6) is -0.157. The minimum Gasteiger partial charge on any atom is -0.368 e. The van der Waals surface area contributed by atoms with Gasteiger partial charge in [-0.05, 0) is 59.7 Å². The first-order valence-corrected chi connectivity index (χ1v) is 12.5. The van der Waals surface area contributed by atoms with Crippen molar-refractivity contribution in [2.75, 3.05) is 41.3 Å². The standard InChI is InChI=1S/C30H25FN6O/c31-26-4-2-1-3-25(26)30(38)34-23-8-5-21(6-9-23)22-7-10-27-28(19-22)35-29(20-33-27)37-17-15-36(16-18-37)24-11-13-32-14-12-24/h1-14,19-20H,15-18H2,(H,34,38). The van der Waals surface area contributed by atoms with Gasteiger partial charge < -0.3 is 15.1 Å². The Labute approximate surface area is 219 Å². The normalized spacial score (nSPS) is 13.5. The second kappa shape index (κ2) is 10.3. The molecule has 1 saturated heterocycles. The summed E-state index contributed by atoms with van der Waals surface area (Å²) in [7, 11) is 0. The highest BCUT2D eigenvalue weighted by Crippen LogP contribution is 2.26. The third-order valence-corrected chi connectivity index (χ3v) is 6.76. The first kappa shape index (κ1) is 23.5. The molecule has 1 amide bonds. The van der Waals surface area contributed by atoms with E-state index in [0.717, 1.165) is 54.2 Å². The highest BCUT2D eigenvalue weighted by Gasteiger charge is 2.19. The Morgan fingerprint density at radius 1 is 0.789 bits per heavy atom. The van der Waals surface area contributed by atoms with Crippen molar-refractivity contribution in [3.05, 3.63) is 109 Å². The average Bonchev–Trinajstić information content (AvgIpc) is 2.98. The van der Waals surface area contributed by atoms with Crippen LogP contribution in [-0.2, 0) is 0 Å². The predicted molar refractivity (Wildman–Crippen MR) is 148 cm³/mol. The third-order valence-electron chi connectivity index (χ3n) is 6.76. The monoisotopic (exact) mass is 504 g/mol. The zero-order chi connectivity index (χ0) is 25.9. The van der Waals surface area contributed by atoms with Gasteiger partial charge >= 0.3 is 0 Å². The number of carbonyl (C=O) groups is 1. The molecule has 3 aromatic carbocycles. The van der Waals surface area contributed by atoms with Gasteiger partial charge in [0.15, 0.2) is 0 Å². The van der Waals surface area contributed by atoms with E-state index in [1.165, 1.54) is 17.8 Å². The highest BCUT2D eigenvalue weighted by atomic mass is 19.1. The second-order valence-corrected chi connectivity index (χ2v) is 9.12. The van der Waals surface area contributed by atoms with Gasteiger partial charge in [0.2, 0.25) is 0 Å². The fourth-order valence-electron chi connectivity index (χ4n) is 4.67. The third kappa shape index (κ3) is 4.88. The van der Waals surface area contributed by atoms with E-state index in [1.54, 1.807) is 12.1 Å². The van der Waals surface area contributed by atoms with E-state index in [1.807, 2.05) is 73.2 Å². The maximum absolute atomic E-state index is 13.9. The van der Waals surface area contributed by atoms with Crippen LogP contribution in [0.15, 0.2) is 97.5 Å². The maximum Gasteiger partial charge on any atom is 0.258 e. The minimum atomic E-state index is -0.547. The Balaban J connectivity index is 1.16. The summed E-state index contributed by atoms with van der Waals surface area (Å²) in [5, 5.41) is 2.75. The number of hydrogen-bond acceptors (Lipinski definition) is 6. The smallest absolute Gasteiger partial charge is 0.258 e. The Morgan fingerprint density at radius 3 is 2.26 bits per heavy atom. The number of hydrogen-bond donors (Lipinski definition) is 1. The van der Waals surface area contributed by atoms with Gasteiger partial charge in [-0.25, -0.2) is 9.37 Å². The van der Waals surface area contributed by atoms with E-state index in [9.17, 15) is 9.18 Å². The Bertz CT molecular complexity index is 1580. The van der Waals surface area contributed by atoms with Crippen molar-refractivity contribution in [2.24, 2.45) is 0 Å². The van der Waals surface area contributed by atoms with Crippen LogP contribution in [0.4, 0.5) is 21.6 Å². The molecule has 2 aromatic heterocycles. The number of rotatable bonds is 5. The van der Waals surface area contributed by atoms with Gasteiger partial charge in [0.25, 0.3) is 5.91 Å². The molecule has 6 rings (SSSR count). The molecule has 0 atom stereocenters. The fourth-order valence-corrected chi connectivity index (χ4v) is 4.67. The molecular weight excluding hydrogens is 479 g/mol. The molecule has 188 valence electrons. The van der Waals surface area contributed by atoms with Gasteiger partial charge in [-0.3, -0.25) is 14.8 Å². The van der Waals surface area contributed by atoms with Crippen LogP contribution in [0.3, 0.4) is 0 Å². The lowest BCUT2D eigenvalue weighted by Gasteiger charge is -2.36. The highest BCUT2D eigenvalue weighted by molar-refractivity contribution is 6.04. The molecule has 3 heterocycles. The number of anilines is 3. The molecular formula is C30H25FN6O. The number of carbonyl (C=O) groups excluding carboxylic acids is 1. The molecule has 1 aliphatic heterocycles. The van der Waals surface area contributed by atoms with E-state index in [2.05, 4.69) is 25.1 Å². The van der Waals surface area contributed by atoms with Gasteiger partial charge in [-0.2, -0.15) is 0 Å². The van der Waals surface area contributed by atoms with E-state index in [4.69, 9.17) is 4.98 Å². The number of nitrogens with zero attached hydrogens (tertiary/aromatic N) is 5. The number of aromatic nitrogens is 3. The van der Waals surface area contributed by atoms with Crippen LogP contribution in [0.5, 0.6) is 0 Å². The number of piperazine rings is 1. The molecule has 0 aliphatic carbocycles. The Morgan fingerprint density at radius 2 is 1.50 bits per heavy atom. The van der Waals surface area contributed by atoms with Crippen molar-refractivity contribution in [2.45, 2.75) is 0 Å². The number of nitrogens with one attached hydrogen (secondary N) is 1. The molecule has 0 unspecified atom stereocenters. The molecule has 1 N–H and O–H groups in total. The summed E-state index contributed by atoms with van der Waals surface area (Å²) in [5.41, 5.74) is 5.43. The number of amides is 1. The summed E-state index contributed by atoms with van der Waals surface area (Å²) in [4.78, 5) is 30.7. The topological polar surface area (TPSA) is 74.2 Å². The Kier molecular flexibility index (Phi) is 6.35. The summed E-state index contributed by atoms with van der Waals surface area (Å²) in [6, 6.07) is 23.5. The Hall–Kier alpha value is -4.85. The van der Waals surface area contributed by atoms with Crippen LogP contribution in [-0.4, -0.2) is 47.0 Å². The zero-order valence-electron chi connectivity index (χ0n) is 20.6. The van der Waals surface area contributed by atoms with E-state index < -0.39 is 11.7 Å². The molecule has 8 heteroatoms. The molecule has 38 heavy (non-hydrogen) atoms. The quantitative estimate of drug-likeness (QED) is 0.345. The van der Waals surface area contributed by atoms with Crippen LogP contribution in [0.25, 0.3) is 22.2 Å².